The maximum absolute atomic E-state index is 10.1. The van der Waals surface area contributed by atoms with Crippen LogP contribution in [0.1, 0.15) is 5.56 Å². The van der Waals surface area contributed by atoms with E-state index in [1.54, 1.807) is 12.1 Å². The summed E-state index contributed by atoms with van der Waals surface area (Å²) < 4.78 is 2.80. The molecule has 0 amide bonds. The normalized spacial score (nSPS) is 9.61. The van der Waals surface area contributed by atoms with Crippen molar-refractivity contribution in [2.24, 2.45) is 0 Å². The molecule has 4 rings (SSSR count). The number of carbonyl (C=O) groups is 1. The van der Waals surface area contributed by atoms with Gasteiger partial charge < -0.3 is 9.67 Å². The molecular weight excluding hydrogens is 530 g/mol. The molecule has 0 spiro atoms. The number of hydrogen-bond donors (Lipinski definition) is 1. The zero-order valence-corrected chi connectivity index (χ0v) is 17.5. The van der Waals surface area contributed by atoms with Crippen molar-refractivity contribution in [3.8, 4) is 16.8 Å². The fourth-order valence-electron chi connectivity index (χ4n) is 2.41. The monoisotopic (exact) mass is 549 g/mol. The van der Waals surface area contributed by atoms with E-state index >= 15 is 0 Å². The Labute approximate surface area is 177 Å². The number of benzene rings is 2. The zero-order chi connectivity index (χ0) is 19.1. The predicted octanol–water partition coefficient (Wildman–Crippen LogP) is 3.95. The van der Waals surface area contributed by atoms with E-state index in [1.165, 1.54) is 23.5 Å². The van der Waals surface area contributed by atoms with Gasteiger partial charge in [0, 0.05) is 36.0 Å². The van der Waals surface area contributed by atoms with Gasteiger partial charge in [0.05, 0.1) is 6.20 Å². The third-order valence-electron chi connectivity index (χ3n) is 3.74. The van der Waals surface area contributed by atoms with E-state index in [0.29, 0.717) is 0 Å². The van der Waals surface area contributed by atoms with Crippen molar-refractivity contribution in [3.63, 3.8) is 0 Å². The number of rotatable bonds is 2. The molecule has 6 heteroatoms. The van der Waals surface area contributed by atoms with Gasteiger partial charge in [0.15, 0.2) is 0 Å². The minimum Gasteiger partial charge on any atom is -0.471 e. The number of hydrogen-bond acceptors (Lipinski definition) is 2. The van der Waals surface area contributed by atoms with Gasteiger partial charge in [0.1, 0.15) is 0 Å². The van der Waals surface area contributed by atoms with Crippen molar-refractivity contribution < 1.29 is 34.7 Å². The average Bonchev–Trinajstić information content (AvgIpc) is 3.16. The molecule has 28 heavy (non-hydrogen) atoms. The first-order valence-electron chi connectivity index (χ1n) is 8.34. The van der Waals surface area contributed by atoms with Gasteiger partial charge in [-0.1, -0.05) is 49.0 Å². The van der Waals surface area contributed by atoms with Crippen LogP contribution >= 0.6 is 0 Å². The summed E-state index contributed by atoms with van der Waals surface area (Å²) in [7, 11) is 0. The number of nitrogens with zero attached hydrogens (tertiary/aromatic N) is 3. The summed E-state index contributed by atoms with van der Waals surface area (Å²) in [5, 5.41) is 11.8. The Kier molecular flexibility index (Phi) is 7.81. The Morgan fingerprint density at radius 2 is 1.82 bits per heavy atom. The Balaban J connectivity index is 0.000000239. The molecule has 0 fully saturated rings. The Morgan fingerprint density at radius 1 is 1.04 bits per heavy atom. The van der Waals surface area contributed by atoms with Crippen LogP contribution in [0, 0.1) is 19.2 Å². The summed E-state index contributed by atoms with van der Waals surface area (Å²) >= 11 is 0. The van der Waals surface area contributed by atoms with E-state index in [-0.39, 0.29) is 20.1 Å². The molecule has 1 radical (unpaired) electrons. The molecule has 2 aromatic heterocycles. The summed E-state index contributed by atoms with van der Waals surface area (Å²) in [6.45, 7) is 2.04. The fraction of sp³-hybridized carbons (Fsp3) is 0.0455. The molecule has 0 aliphatic rings. The molecule has 4 aromatic rings. The van der Waals surface area contributed by atoms with Gasteiger partial charge >= 0.3 is 6.09 Å². The molecule has 0 atom stereocenters. The van der Waals surface area contributed by atoms with Crippen LogP contribution in [-0.4, -0.2) is 20.9 Å². The topological polar surface area (TPSA) is 59.0 Å². The standard InChI is InChI=1S/C17H13N.C5H4N2O2.Ir/c1-14-11-12-18(13-14)17-9-7-16(8-10-17)15-5-3-2-4-6-15;8-5(9)7-4-2-1-3-6-7;/h2-9,11-12H,1H3;1-4H;/q-2;;/p+1. The first-order valence-corrected chi connectivity index (χ1v) is 8.34. The Bertz CT molecular complexity index is 1000. The zero-order valence-electron chi connectivity index (χ0n) is 15.1. The van der Waals surface area contributed by atoms with Gasteiger partial charge in [-0.05, 0) is 6.07 Å². The maximum Gasteiger partial charge on any atom is 0.625 e. The molecule has 5 nitrogen and oxygen atoms in total. The average molecular weight is 549 g/mol. The Morgan fingerprint density at radius 3 is 2.32 bits per heavy atom. The second-order valence-corrected chi connectivity index (χ2v) is 5.73. The molecule has 1 N–H and O–H groups in total. The molecule has 0 bridgehead atoms. The first kappa shape index (κ1) is 21.2. The molecule has 2 heterocycles. The van der Waals surface area contributed by atoms with E-state index in [4.69, 9.17) is 5.11 Å². The van der Waals surface area contributed by atoms with Gasteiger partial charge in [-0.25, -0.2) is 6.07 Å². The minimum absolute atomic E-state index is 0. The SMILES string of the molecule is Cc1[c-]n(-c2[c-]cc(-c3ccccc3)cc2)cc1.O=C(O)[n+]1ccccn1.[Ir]. The van der Waals surface area contributed by atoms with Crippen LogP contribution in [0.5, 0.6) is 0 Å². The van der Waals surface area contributed by atoms with Crippen molar-refractivity contribution >= 4 is 6.09 Å². The molecule has 0 saturated carbocycles. The van der Waals surface area contributed by atoms with E-state index in [2.05, 4.69) is 41.6 Å². The number of carboxylic acid groups (broad SMARTS) is 1. The van der Waals surface area contributed by atoms with Gasteiger partial charge in [0.25, 0.3) is 0 Å². The van der Waals surface area contributed by atoms with Crippen molar-refractivity contribution in [1.29, 1.82) is 0 Å². The van der Waals surface area contributed by atoms with Crippen molar-refractivity contribution in [3.05, 3.63) is 103 Å². The molecular formula is C22H18IrN3O2-. The summed E-state index contributed by atoms with van der Waals surface area (Å²) in [4.78, 5) is 10.1. The van der Waals surface area contributed by atoms with Crippen LogP contribution in [0.2, 0.25) is 0 Å². The number of aromatic nitrogens is 3. The van der Waals surface area contributed by atoms with Crippen molar-refractivity contribution in [2.45, 2.75) is 6.92 Å². The van der Waals surface area contributed by atoms with Crippen LogP contribution in [0.25, 0.3) is 16.8 Å². The van der Waals surface area contributed by atoms with Crippen LogP contribution in [0.4, 0.5) is 4.79 Å². The summed E-state index contributed by atoms with van der Waals surface area (Å²) in [6, 6.07) is 25.1. The van der Waals surface area contributed by atoms with Crippen LogP contribution in [0.15, 0.2) is 85.3 Å². The smallest absolute Gasteiger partial charge is 0.471 e. The van der Waals surface area contributed by atoms with Crippen LogP contribution in [-0.2, 0) is 20.1 Å². The quantitative estimate of drug-likeness (QED) is 0.305. The van der Waals surface area contributed by atoms with Gasteiger partial charge in [-0.15, -0.1) is 17.3 Å². The van der Waals surface area contributed by atoms with E-state index in [0.717, 1.165) is 15.9 Å². The van der Waals surface area contributed by atoms with Crippen molar-refractivity contribution in [1.82, 2.24) is 9.67 Å². The summed E-state index contributed by atoms with van der Waals surface area (Å²) in [6.07, 6.45) is 6.94. The third kappa shape index (κ3) is 5.71. The second kappa shape index (κ2) is 10.3. The van der Waals surface area contributed by atoms with E-state index < -0.39 is 6.09 Å². The first-order chi connectivity index (χ1) is 13.1. The van der Waals surface area contributed by atoms with Crippen LogP contribution in [0.3, 0.4) is 0 Å². The van der Waals surface area contributed by atoms with Crippen molar-refractivity contribution in [2.75, 3.05) is 0 Å². The number of aryl methyl sites for hydroxylation is 1. The van der Waals surface area contributed by atoms with Gasteiger partial charge in [-0.3, -0.25) is 0 Å². The molecule has 0 aliphatic carbocycles. The molecule has 0 saturated heterocycles. The molecule has 143 valence electrons. The molecule has 0 aliphatic heterocycles. The summed E-state index contributed by atoms with van der Waals surface area (Å²) in [5.74, 6) is 0. The van der Waals surface area contributed by atoms with Gasteiger partial charge in [0.2, 0.25) is 6.20 Å². The van der Waals surface area contributed by atoms with E-state index in [1.807, 2.05) is 48.0 Å². The predicted molar refractivity (Wildman–Crippen MR) is 101 cm³/mol. The third-order valence-corrected chi connectivity index (χ3v) is 3.74. The maximum atomic E-state index is 10.1. The Hall–Kier alpha value is -3.08. The molecule has 0 unspecified atom stereocenters. The van der Waals surface area contributed by atoms with E-state index in [9.17, 15) is 4.79 Å². The fourth-order valence-corrected chi connectivity index (χ4v) is 2.41. The van der Waals surface area contributed by atoms with Gasteiger partial charge in [-0.2, -0.15) is 34.7 Å². The van der Waals surface area contributed by atoms with Crippen LogP contribution < -0.4 is 4.68 Å². The molecule has 2 aromatic carbocycles. The summed E-state index contributed by atoms with van der Waals surface area (Å²) in [5.41, 5.74) is 4.55. The second-order valence-electron chi connectivity index (χ2n) is 5.73. The minimum atomic E-state index is -1.07. The largest absolute Gasteiger partial charge is 0.625 e.